The summed E-state index contributed by atoms with van der Waals surface area (Å²) < 4.78 is 66.1. The maximum Gasteiger partial charge on any atom is 0.416 e. The molecule has 0 aliphatic carbocycles. The second kappa shape index (κ2) is 7.85. The minimum absolute atomic E-state index is 0.136. The SMILES string of the molecule is Cc1sc2cc(CCCOS(C)(=O)=O)ccc2c1-c1ccc(C(F)(F)F)cc1. The van der Waals surface area contributed by atoms with Crippen molar-refractivity contribution in [2.45, 2.75) is 25.9 Å². The van der Waals surface area contributed by atoms with Crippen LogP contribution in [0.1, 0.15) is 22.4 Å². The molecule has 0 unspecified atom stereocenters. The fourth-order valence-electron chi connectivity index (χ4n) is 3.09. The summed E-state index contributed by atoms with van der Waals surface area (Å²) >= 11 is 1.59. The molecule has 0 atom stereocenters. The van der Waals surface area contributed by atoms with Gasteiger partial charge in [-0.15, -0.1) is 11.3 Å². The quantitative estimate of drug-likeness (QED) is 0.368. The van der Waals surface area contributed by atoms with E-state index in [1.54, 1.807) is 11.3 Å². The van der Waals surface area contributed by atoms with Crippen LogP contribution < -0.4 is 0 Å². The number of alkyl halides is 3. The molecule has 0 spiro atoms. The first-order chi connectivity index (χ1) is 13.0. The third kappa shape index (κ3) is 4.92. The monoisotopic (exact) mass is 428 g/mol. The van der Waals surface area contributed by atoms with Gasteiger partial charge < -0.3 is 0 Å². The van der Waals surface area contributed by atoms with Gasteiger partial charge in [-0.3, -0.25) is 4.18 Å². The number of hydrogen-bond donors (Lipinski definition) is 0. The number of aryl methyl sites for hydroxylation is 2. The molecule has 3 rings (SSSR count). The summed E-state index contributed by atoms with van der Waals surface area (Å²) in [6.45, 7) is 2.09. The summed E-state index contributed by atoms with van der Waals surface area (Å²) in [5, 5.41) is 0.999. The normalized spacial score (nSPS) is 12.6. The lowest BCUT2D eigenvalue weighted by atomic mass is 9.99. The van der Waals surface area contributed by atoms with Crippen molar-refractivity contribution in [3.63, 3.8) is 0 Å². The molecule has 150 valence electrons. The van der Waals surface area contributed by atoms with E-state index in [4.69, 9.17) is 4.18 Å². The highest BCUT2D eigenvalue weighted by atomic mass is 32.2. The molecule has 1 aromatic heterocycles. The molecule has 2 aromatic carbocycles. The van der Waals surface area contributed by atoms with Crippen molar-refractivity contribution in [2.75, 3.05) is 12.9 Å². The molecule has 28 heavy (non-hydrogen) atoms. The molecule has 0 bridgehead atoms. The molecule has 1 heterocycles. The first-order valence-corrected chi connectivity index (χ1v) is 11.2. The number of halogens is 3. The summed E-state index contributed by atoms with van der Waals surface area (Å²) in [4.78, 5) is 1.03. The van der Waals surface area contributed by atoms with Gasteiger partial charge in [0, 0.05) is 20.5 Å². The standard InChI is InChI=1S/C20H19F3O3S2/c1-13-19(15-6-8-16(9-7-15)20(21,22)23)17-10-5-14(12-18(17)27-13)4-3-11-26-28(2,24)25/h5-10,12H,3-4,11H2,1-2H3. The second-order valence-electron chi connectivity index (χ2n) is 6.57. The molecular formula is C20H19F3O3S2. The Labute approximate surface area is 165 Å². The Bertz CT molecular complexity index is 1080. The van der Waals surface area contributed by atoms with Crippen molar-refractivity contribution in [3.05, 3.63) is 58.5 Å². The van der Waals surface area contributed by atoms with Crippen molar-refractivity contribution in [1.29, 1.82) is 0 Å². The number of rotatable bonds is 6. The fourth-order valence-corrected chi connectivity index (χ4v) is 4.66. The Morgan fingerprint density at radius 2 is 1.75 bits per heavy atom. The number of thiophene rings is 1. The summed E-state index contributed by atoms with van der Waals surface area (Å²) in [6.07, 6.45) is -2.07. The van der Waals surface area contributed by atoms with Gasteiger partial charge in [-0.1, -0.05) is 24.3 Å². The minimum Gasteiger partial charge on any atom is -0.270 e. The number of benzene rings is 2. The zero-order valence-corrected chi connectivity index (χ0v) is 17.0. The highest BCUT2D eigenvalue weighted by Crippen LogP contribution is 2.40. The van der Waals surface area contributed by atoms with Crippen LogP contribution in [0.4, 0.5) is 13.2 Å². The Morgan fingerprint density at radius 1 is 1.07 bits per heavy atom. The Balaban J connectivity index is 1.82. The van der Waals surface area contributed by atoms with Gasteiger partial charge in [-0.2, -0.15) is 21.6 Å². The Kier molecular flexibility index (Phi) is 5.84. The maximum atomic E-state index is 12.8. The Hall–Kier alpha value is -1.90. The van der Waals surface area contributed by atoms with Gasteiger partial charge in [-0.05, 0) is 49.1 Å². The van der Waals surface area contributed by atoms with Crippen LogP contribution in [0.25, 0.3) is 21.2 Å². The van der Waals surface area contributed by atoms with Gasteiger partial charge in [0.25, 0.3) is 10.1 Å². The zero-order valence-electron chi connectivity index (χ0n) is 15.3. The first kappa shape index (κ1) is 20.8. The van der Waals surface area contributed by atoms with Crippen molar-refractivity contribution >= 4 is 31.5 Å². The van der Waals surface area contributed by atoms with E-state index in [1.165, 1.54) is 12.1 Å². The summed E-state index contributed by atoms with van der Waals surface area (Å²) in [6, 6.07) is 11.2. The van der Waals surface area contributed by atoms with Crippen LogP contribution in [0.15, 0.2) is 42.5 Å². The number of hydrogen-bond acceptors (Lipinski definition) is 4. The molecule has 0 amide bonds. The summed E-state index contributed by atoms with van der Waals surface area (Å²) in [5.41, 5.74) is 2.10. The highest BCUT2D eigenvalue weighted by Gasteiger charge is 2.30. The summed E-state index contributed by atoms with van der Waals surface area (Å²) in [7, 11) is -3.43. The van der Waals surface area contributed by atoms with Crippen LogP contribution in [0.5, 0.6) is 0 Å². The van der Waals surface area contributed by atoms with Gasteiger partial charge >= 0.3 is 6.18 Å². The van der Waals surface area contributed by atoms with Crippen molar-refractivity contribution in [3.8, 4) is 11.1 Å². The zero-order chi connectivity index (χ0) is 20.5. The molecule has 0 saturated heterocycles. The molecule has 0 fully saturated rings. The molecular weight excluding hydrogens is 409 g/mol. The topological polar surface area (TPSA) is 43.4 Å². The average molecular weight is 428 g/mol. The highest BCUT2D eigenvalue weighted by molar-refractivity contribution is 7.85. The average Bonchev–Trinajstić information content (AvgIpc) is 2.92. The molecule has 0 aliphatic heterocycles. The lowest BCUT2D eigenvalue weighted by molar-refractivity contribution is -0.137. The molecule has 8 heteroatoms. The van der Waals surface area contributed by atoms with Gasteiger partial charge in [0.1, 0.15) is 0 Å². The lowest BCUT2D eigenvalue weighted by Gasteiger charge is -2.08. The van der Waals surface area contributed by atoms with E-state index < -0.39 is 21.9 Å². The van der Waals surface area contributed by atoms with Gasteiger partial charge in [-0.25, -0.2) is 0 Å². The predicted octanol–water partition coefficient (Wildman–Crippen LogP) is 5.80. The van der Waals surface area contributed by atoms with Crippen molar-refractivity contribution in [1.82, 2.24) is 0 Å². The van der Waals surface area contributed by atoms with Gasteiger partial charge in [0.05, 0.1) is 18.4 Å². The minimum atomic E-state index is -4.35. The molecule has 3 aromatic rings. The molecule has 3 nitrogen and oxygen atoms in total. The molecule has 0 radical (unpaired) electrons. The first-order valence-electron chi connectivity index (χ1n) is 8.59. The predicted molar refractivity (Wildman–Crippen MR) is 106 cm³/mol. The van der Waals surface area contributed by atoms with E-state index >= 15 is 0 Å². The van der Waals surface area contributed by atoms with E-state index in [2.05, 4.69) is 0 Å². The Morgan fingerprint density at radius 3 is 2.36 bits per heavy atom. The van der Waals surface area contributed by atoms with Gasteiger partial charge in [0.15, 0.2) is 0 Å². The molecule has 0 N–H and O–H groups in total. The molecule has 0 saturated carbocycles. The van der Waals surface area contributed by atoms with Crippen molar-refractivity contribution < 1.29 is 25.8 Å². The third-order valence-corrected chi connectivity index (χ3v) is 6.00. The van der Waals surface area contributed by atoms with Crippen LogP contribution in [-0.4, -0.2) is 21.3 Å². The van der Waals surface area contributed by atoms with Crippen LogP contribution >= 0.6 is 11.3 Å². The van der Waals surface area contributed by atoms with Gasteiger partial charge in [0.2, 0.25) is 0 Å². The third-order valence-electron chi connectivity index (χ3n) is 4.34. The number of fused-ring (bicyclic) bond motifs is 1. The van der Waals surface area contributed by atoms with Crippen LogP contribution in [0, 0.1) is 6.92 Å². The fraction of sp³-hybridized carbons (Fsp3) is 0.300. The lowest BCUT2D eigenvalue weighted by Crippen LogP contribution is -2.04. The van der Waals surface area contributed by atoms with Crippen molar-refractivity contribution in [2.24, 2.45) is 0 Å². The maximum absolute atomic E-state index is 12.8. The van der Waals surface area contributed by atoms with Crippen LogP contribution in [0.2, 0.25) is 0 Å². The van der Waals surface area contributed by atoms with E-state index in [0.717, 1.165) is 50.0 Å². The van der Waals surface area contributed by atoms with E-state index in [9.17, 15) is 21.6 Å². The van der Waals surface area contributed by atoms with E-state index in [-0.39, 0.29) is 6.61 Å². The largest absolute Gasteiger partial charge is 0.416 e. The van der Waals surface area contributed by atoms with Crippen LogP contribution in [-0.2, 0) is 26.9 Å². The smallest absolute Gasteiger partial charge is 0.270 e. The van der Waals surface area contributed by atoms with E-state index in [1.807, 2.05) is 25.1 Å². The molecule has 0 aliphatic rings. The second-order valence-corrected chi connectivity index (χ2v) is 9.47. The van der Waals surface area contributed by atoms with Crippen LogP contribution in [0.3, 0.4) is 0 Å². The summed E-state index contributed by atoms with van der Waals surface area (Å²) in [5.74, 6) is 0. The van der Waals surface area contributed by atoms with E-state index in [0.29, 0.717) is 12.8 Å².